The molecule has 16 heavy (non-hydrogen) atoms. The summed E-state index contributed by atoms with van der Waals surface area (Å²) in [6.45, 7) is 4.47. The van der Waals surface area contributed by atoms with Crippen molar-refractivity contribution < 1.29 is 18.9 Å². The van der Waals surface area contributed by atoms with Gasteiger partial charge in [0, 0.05) is 14.2 Å². The third kappa shape index (κ3) is 3.12. The molecule has 0 saturated carbocycles. The summed E-state index contributed by atoms with van der Waals surface area (Å²) in [6, 6.07) is 3.73. The molecule has 0 unspecified atom stereocenters. The van der Waals surface area contributed by atoms with Gasteiger partial charge in [-0.25, -0.2) is 0 Å². The van der Waals surface area contributed by atoms with Crippen LogP contribution in [0.1, 0.15) is 11.1 Å². The second-order valence-corrected chi connectivity index (χ2v) is 3.41. The average molecular weight is 226 g/mol. The predicted octanol–water partition coefficient (Wildman–Crippen LogP) is 2.27. The lowest BCUT2D eigenvalue weighted by molar-refractivity contribution is 0.0475. The molecule has 0 aliphatic carbocycles. The molecular weight excluding hydrogens is 208 g/mol. The van der Waals surface area contributed by atoms with Crippen LogP contribution >= 0.6 is 0 Å². The van der Waals surface area contributed by atoms with E-state index in [0.717, 1.165) is 22.6 Å². The van der Waals surface area contributed by atoms with E-state index in [1.165, 1.54) is 0 Å². The van der Waals surface area contributed by atoms with Crippen LogP contribution in [0.2, 0.25) is 0 Å². The molecule has 0 heterocycles. The maximum atomic E-state index is 5.42. The van der Waals surface area contributed by atoms with E-state index in [2.05, 4.69) is 0 Å². The zero-order valence-electron chi connectivity index (χ0n) is 10.2. The van der Waals surface area contributed by atoms with Gasteiger partial charge in [-0.15, -0.1) is 0 Å². The van der Waals surface area contributed by atoms with E-state index in [0.29, 0.717) is 0 Å². The predicted molar refractivity (Wildman–Crippen MR) is 60.9 cm³/mol. The Labute approximate surface area is 96.1 Å². The van der Waals surface area contributed by atoms with Crippen molar-refractivity contribution in [1.29, 1.82) is 0 Å². The molecule has 4 heteroatoms. The van der Waals surface area contributed by atoms with E-state index in [4.69, 9.17) is 18.9 Å². The van der Waals surface area contributed by atoms with Crippen molar-refractivity contribution in [3.05, 3.63) is 23.3 Å². The Morgan fingerprint density at radius 3 is 1.50 bits per heavy atom. The molecule has 0 spiro atoms. The van der Waals surface area contributed by atoms with E-state index < -0.39 is 0 Å². The lowest BCUT2D eigenvalue weighted by atomic mass is 10.1. The Kier molecular flexibility index (Phi) is 5.08. The van der Waals surface area contributed by atoms with E-state index in [9.17, 15) is 0 Å². The Morgan fingerprint density at radius 2 is 1.19 bits per heavy atom. The van der Waals surface area contributed by atoms with Crippen LogP contribution in [0.3, 0.4) is 0 Å². The van der Waals surface area contributed by atoms with Gasteiger partial charge in [0.05, 0.1) is 0 Å². The van der Waals surface area contributed by atoms with Crippen molar-refractivity contribution in [1.82, 2.24) is 0 Å². The monoisotopic (exact) mass is 226 g/mol. The number of hydrogen-bond donors (Lipinski definition) is 0. The summed E-state index contributed by atoms with van der Waals surface area (Å²) in [5.74, 6) is 1.62. The van der Waals surface area contributed by atoms with Crippen molar-refractivity contribution in [3.63, 3.8) is 0 Å². The summed E-state index contributed by atoms with van der Waals surface area (Å²) in [5, 5.41) is 0. The molecule has 0 aliphatic rings. The van der Waals surface area contributed by atoms with Crippen LogP contribution in [0.4, 0.5) is 0 Å². The third-order valence-corrected chi connectivity index (χ3v) is 2.35. The number of ether oxygens (including phenoxy) is 4. The summed E-state index contributed by atoms with van der Waals surface area (Å²) in [7, 11) is 3.19. The van der Waals surface area contributed by atoms with Crippen LogP contribution in [-0.2, 0) is 9.47 Å². The first-order valence-electron chi connectivity index (χ1n) is 5.04. The molecule has 0 N–H and O–H groups in total. The summed E-state index contributed by atoms with van der Waals surface area (Å²) in [5.41, 5.74) is 2.09. The summed E-state index contributed by atoms with van der Waals surface area (Å²) >= 11 is 0. The minimum Gasteiger partial charge on any atom is -0.467 e. The van der Waals surface area contributed by atoms with E-state index in [1.54, 1.807) is 14.2 Å². The van der Waals surface area contributed by atoms with Gasteiger partial charge in [0.25, 0.3) is 0 Å². The van der Waals surface area contributed by atoms with Gasteiger partial charge in [-0.1, -0.05) is 0 Å². The van der Waals surface area contributed by atoms with E-state index >= 15 is 0 Å². The Morgan fingerprint density at radius 1 is 0.812 bits per heavy atom. The lowest BCUT2D eigenvalue weighted by Gasteiger charge is -2.14. The first-order valence-corrected chi connectivity index (χ1v) is 5.04. The van der Waals surface area contributed by atoms with E-state index in [-0.39, 0.29) is 13.6 Å². The standard InChI is InChI=1S/C12H18O4/c1-9-10(2)12(16-8-14-4)6-5-11(9)15-7-13-3/h5-6H,7-8H2,1-4H3. The maximum absolute atomic E-state index is 5.42. The topological polar surface area (TPSA) is 36.9 Å². The zero-order valence-corrected chi connectivity index (χ0v) is 10.2. The summed E-state index contributed by atoms with van der Waals surface area (Å²) < 4.78 is 20.6. The van der Waals surface area contributed by atoms with E-state index in [1.807, 2.05) is 26.0 Å². The fourth-order valence-electron chi connectivity index (χ4n) is 1.33. The van der Waals surface area contributed by atoms with Gasteiger partial charge in [0.2, 0.25) is 0 Å². The number of benzene rings is 1. The molecule has 1 rings (SSSR count). The highest BCUT2D eigenvalue weighted by molar-refractivity contribution is 5.47. The fourth-order valence-corrected chi connectivity index (χ4v) is 1.33. The second-order valence-electron chi connectivity index (χ2n) is 3.41. The molecule has 0 amide bonds. The highest BCUT2D eigenvalue weighted by Gasteiger charge is 2.08. The van der Waals surface area contributed by atoms with Crippen LogP contribution in [0.25, 0.3) is 0 Å². The third-order valence-electron chi connectivity index (χ3n) is 2.35. The molecule has 0 bridgehead atoms. The molecular formula is C12H18O4. The summed E-state index contributed by atoms with van der Waals surface area (Å²) in [6.07, 6.45) is 0. The second kappa shape index (κ2) is 6.35. The SMILES string of the molecule is COCOc1ccc(OCOC)c(C)c1C. The largest absolute Gasteiger partial charge is 0.467 e. The first-order chi connectivity index (χ1) is 7.70. The van der Waals surface area contributed by atoms with Crippen LogP contribution in [0, 0.1) is 13.8 Å². The molecule has 0 atom stereocenters. The molecule has 1 aromatic carbocycles. The average Bonchev–Trinajstić information content (AvgIpc) is 2.30. The summed E-state index contributed by atoms with van der Waals surface area (Å²) in [4.78, 5) is 0. The first kappa shape index (κ1) is 12.8. The van der Waals surface area contributed by atoms with Crippen molar-refractivity contribution in [3.8, 4) is 11.5 Å². The Hall–Kier alpha value is -1.26. The smallest absolute Gasteiger partial charge is 0.188 e. The fraction of sp³-hybridized carbons (Fsp3) is 0.500. The van der Waals surface area contributed by atoms with Crippen molar-refractivity contribution in [2.45, 2.75) is 13.8 Å². The Balaban J connectivity index is 2.81. The number of rotatable bonds is 6. The minimum atomic E-state index is 0.249. The molecule has 0 saturated heterocycles. The lowest BCUT2D eigenvalue weighted by Crippen LogP contribution is -2.04. The van der Waals surface area contributed by atoms with Gasteiger partial charge in [-0.2, -0.15) is 0 Å². The molecule has 90 valence electrons. The molecule has 0 aliphatic heterocycles. The maximum Gasteiger partial charge on any atom is 0.188 e. The highest BCUT2D eigenvalue weighted by atomic mass is 16.7. The van der Waals surface area contributed by atoms with Crippen molar-refractivity contribution in [2.75, 3.05) is 27.8 Å². The molecule has 0 radical (unpaired) electrons. The molecule has 4 nitrogen and oxygen atoms in total. The highest BCUT2D eigenvalue weighted by Crippen LogP contribution is 2.29. The van der Waals surface area contributed by atoms with Crippen LogP contribution < -0.4 is 9.47 Å². The quantitative estimate of drug-likeness (QED) is 0.697. The van der Waals surface area contributed by atoms with Gasteiger partial charge in [0.1, 0.15) is 11.5 Å². The van der Waals surface area contributed by atoms with Crippen LogP contribution in [-0.4, -0.2) is 27.8 Å². The van der Waals surface area contributed by atoms with Gasteiger partial charge < -0.3 is 18.9 Å². The molecule has 0 aromatic heterocycles. The normalized spacial score (nSPS) is 10.2. The van der Waals surface area contributed by atoms with Crippen molar-refractivity contribution in [2.24, 2.45) is 0 Å². The molecule has 0 fully saturated rings. The number of methoxy groups -OCH3 is 2. The van der Waals surface area contributed by atoms with Gasteiger partial charge >= 0.3 is 0 Å². The van der Waals surface area contributed by atoms with Crippen molar-refractivity contribution >= 4 is 0 Å². The minimum absolute atomic E-state index is 0.249. The van der Waals surface area contributed by atoms with Gasteiger partial charge in [0.15, 0.2) is 13.6 Å². The van der Waals surface area contributed by atoms with Crippen LogP contribution in [0.15, 0.2) is 12.1 Å². The molecule has 1 aromatic rings. The van der Waals surface area contributed by atoms with Crippen LogP contribution in [0.5, 0.6) is 11.5 Å². The van der Waals surface area contributed by atoms with Gasteiger partial charge in [-0.05, 0) is 37.1 Å². The van der Waals surface area contributed by atoms with Gasteiger partial charge in [-0.3, -0.25) is 0 Å². The zero-order chi connectivity index (χ0) is 12.0. The Bertz CT molecular complexity index is 303. The number of hydrogen-bond acceptors (Lipinski definition) is 4.